The number of aliphatic hydroxyl groups excluding tert-OH is 1. The van der Waals surface area contributed by atoms with Gasteiger partial charge in [-0.1, -0.05) is 141 Å². The van der Waals surface area contributed by atoms with Gasteiger partial charge in [0.2, 0.25) is 0 Å². The number of hydrogen-bond donors (Lipinski definition) is 1. The summed E-state index contributed by atoms with van der Waals surface area (Å²) in [6, 6.07) is 0. The van der Waals surface area contributed by atoms with Crippen LogP contribution in [0.2, 0.25) is 0 Å². The molecule has 1 atom stereocenters. The van der Waals surface area contributed by atoms with Gasteiger partial charge in [-0.25, -0.2) is 4.79 Å². The molecular weight excluding hydrogens is 592 g/mol. The first-order valence-corrected chi connectivity index (χ1v) is 19.4. The Kier molecular flexibility index (Phi) is 33.3. The normalized spacial score (nSPS) is 12.1. The number of esters is 4. The monoisotopic (exact) mass is 663 g/mol. The smallest absolute Gasteiger partial charge is 0.343 e. The van der Waals surface area contributed by atoms with Gasteiger partial charge in [-0.3, -0.25) is 14.4 Å². The van der Waals surface area contributed by atoms with Gasteiger partial charge in [0, 0.05) is 12.8 Å². The van der Waals surface area contributed by atoms with Gasteiger partial charge in [-0.15, -0.1) is 0 Å². The van der Waals surface area contributed by atoms with Crippen LogP contribution in [0.1, 0.15) is 200 Å². The van der Waals surface area contributed by atoms with Crippen LogP contribution in [0, 0.1) is 0 Å². The molecule has 0 aliphatic rings. The van der Waals surface area contributed by atoms with E-state index in [-0.39, 0.29) is 12.8 Å². The highest BCUT2D eigenvalue weighted by Gasteiger charge is 2.25. The minimum atomic E-state index is -1.84. The molecule has 272 valence electrons. The standard InChI is InChI=1S/C40H70O7/c1-3-5-7-9-11-13-15-17-19-21-23-25-27-29-31-33-37(42)46-39(44)35-36(41)40(45)47-38(43)34-32-30-28-26-24-22-20-18-16-14-12-10-8-6-4-2/h17-20,36,41H,3-16,21-35H2,1-2H3/b19-17-,20-18-. The number of aliphatic hydroxyl groups is 1. The van der Waals surface area contributed by atoms with Gasteiger partial charge in [0.05, 0.1) is 6.42 Å². The van der Waals surface area contributed by atoms with Crippen LogP contribution >= 0.6 is 0 Å². The first-order chi connectivity index (χ1) is 22.9. The topological polar surface area (TPSA) is 107 Å². The Bertz CT molecular complexity index is 832. The maximum atomic E-state index is 12.0. The number of carbonyl (C=O) groups is 4. The van der Waals surface area contributed by atoms with Crippen molar-refractivity contribution < 1.29 is 33.8 Å². The van der Waals surface area contributed by atoms with Crippen molar-refractivity contribution >= 4 is 23.9 Å². The van der Waals surface area contributed by atoms with Crippen molar-refractivity contribution in [1.82, 2.24) is 0 Å². The van der Waals surface area contributed by atoms with Crippen molar-refractivity contribution in [3.63, 3.8) is 0 Å². The molecule has 0 bridgehead atoms. The summed E-state index contributed by atoms with van der Waals surface area (Å²) in [6.07, 6.45) is 36.5. The summed E-state index contributed by atoms with van der Waals surface area (Å²) in [5.41, 5.74) is 0. The molecule has 0 aromatic rings. The summed E-state index contributed by atoms with van der Waals surface area (Å²) >= 11 is 0. The molecule has 0 saturated heterocycles. The molecule has 0 amide bonds. The zero-order chi connectivity index (χ0) is 34.6. The van der Waals surface area contributed by atoms with E-state index in [1.807, 2.05) is 0 Å². The molecule has 7 nitrogen and oxygen atoms in total. The van der Waals surface area contributed by atoms with Crippen molar-refractivity contribution in [1.29, 1.82) is 0 Å². The molecule has 0 heterocycles. The fourth-order valence-electron chi connectivity index (χ4n) is 5.37. The number of carbonyl (C=O) groups excluding carboxylic acids is 4. The summed E-state index contributed by atoms with van der Waals surface area (Å²) < 4.78 is 9.38. The lowest BCUT2D eigenvalue weighted by molar-refractivity contribution is -0.171. The number of rotatable bonds is 33. The largest absolute Gasteiger partial charge is 0.393 e. The lowest BCUT2D eigenvalue weighted by atomic mass is 10.1. The molecular formula is C40H70O7. The lowest BCUT2D eigenvalue weighted by Gasteiger charge is -2.09. The van der Waals surface area contributed by atoms with Crippen LogP contribution in [0.4, 0.5) is 0 Å². The summed E-state index contributed by atoms with van der Waals surface area (Å²) in [7, 11) is 0. The van der Waals surface area contributed by atoms with Gasteiger partial charge in [0.1, 0.15) is 0 Å². The van der Waals surface area contributed by atoms with Gasteiger partial charge in [-0.05, 0) is 64.2 Å². The van der Waals surface area contributed by atoms with E-state index >= 15 is 0 Å². The van der Waals surface area contributed by atoms with Gasteiger partial charge in [-0.2, -0.15) is 0 Å². The predicted octanol–water partition coefficient (Wildman–Crippen LogP) is 11.0. The summed E-state index contributed by atoms with van der Waals surface area (Å²) in [4.78, 5) is 47.8. The van der Waals surface area contributed by atoms with E-state index in [4.69, 9.17) is 4.74 Å². The minimum absolute atomic E-state index is 0.0789. The molecule has 0 saturated carbocycles. The first kappa shape index (κ1) is 44.7. The Morgan fingerprint density at radius 1 is 0.447 bits per heavy atom. The van der Waals surface area contributed by atoms with Crippen molar-refractivity contribution in [2.24, 2.45) is 0 Å². The average molecular weight is 663 g/mol. The van der Waals surface area contributed by atoms with Crippen molar-refractivity contribution in [3.05, 3.63) is 24.3 Å². The maximum Gasteiger partial charge on any atom is 0.343 e. The molecule has 1 unspecified atom stereocenters. The van der Waals surface area contributed by atoms with Crippen LogP contribution in [0.15, 0.2) is 24.3 Å². The average Bonchev–Trinajstić information content (AvgIpc) is 3.04. The zero-order valence-electron chi connectivity index (χ0n) is 30.3. The number of unbranched alkanes of at least 4 members (excludes halogenated alkanes) is 22. The number of ether oxygens (including phenoxy) is 2. The van der Waals surface area contributed by atoms with E-state index in [9.17, 15) is 24.3 Å². The summed E-state index contributed by atoms with van der Waals surface area (Å²) in [6.45, 7) is 4.48. The molecule has 47 heavy (non-hydrogen) atoms. The maximum absolute atomic E-state index is 12.0. The third-order valence-corrected chi connectivity index (χ3v) is 8.36. The second-order valence-corrected chi connectivity index (χ2v) is 13.0. The second-order valence-electron chi connectivity index (χ2n) is 13.0. The summed E-state index contributed by atoms with van der Waals surface area (Å²) in [5.74, 6) is -3.59. The van der Waals surface area contributed by atoms with Crippen molar-refractivity contribution in [3.8, 4) is 0 Å². The molecule has 0 aliphatic carbocycles. The molecule has 0 aromatic carbocycles. The van der Waals surface area contributed by atoms with Gasteiger partial charge >= 0.3 is 23.9 Å². The molecule has 1 N–H and O–H groups in total. The van der Waals surface area contributed by atoms with Gasteiger partial charge in [0.25, 0.3) is 0 Å². The van der Waals surface area contributed by atoms with Crippen LogP contribution in [-0.4, -0.2) is 35.1 Å². The fourth-order valence-corrected chi connectivity index (χ4v) is 5.37. The summed E-state index contributed by atoms with van der Waals surface area (Å²) in [5, 5.41) is 9.92. The van der Waals surface area contributed by atoms with Gasteiger partial charge in [0.15, 0.2) is 6.10 Å². The Morgan fingerprint density at radius 2 is 0.766 bits per heavy atom. The number of allylic oxidation sites excluding steroid dienone is 4. The Labute approximate surface area is 287 Å². The SMILES string of the molecule is CCCCCCCC/C=C\CCCCCCCC(=O)OC(=O)CC(O)C(=O)OC(=O)CCCCCCC/C=C\CCCCCCCC. The van der Waals surface area contributed by atoms with Crippen molar-refractivity contribution in [2.45, 2.75) is 206 Å². The van der Waals surface area contributed by atoms with E-state index in [1.165, 1.54) is 89.9 Å². The second kappa shape index (κ2) is 35.0. The van der Waals surface area contributed by atoms with Crippen LogP contribution in [-0.2, 0) is 28.7 Å². The fraction of sp³-hybridized carbons (Fsp3) is 0.800. The van der Waals surface area contributed by atoms with Crippen LogP contribution < -0.4 is 0 Å². The Hall–Kier alpha value is -2.28. The molecule has 0 aromatic heterocycles. The van der Waals surface area contributed by atoms with Gasteiger partial charge < -0.3 is 14.6 Å². The van der Waals surface area contributed by atoms with E-state index in [2.05, 4.69) is 42.9 Å². The van der Waals surface area contributed by atoms with E-state index < -0.39 is 36.4 Å². The lowest BCUT2D eigenvalue weighted by Crippen LogP contribution is -2.29. The van der Waals surface area contributed by atoms with Crippen LogP contribution in [0.3, 0.4) is 0 Å². The molecule has 7 heteroatoms. The first-order valence-electron chi connectivity index (χ1n) is 19.4. The highest BCUT2D eigenvalue weighted by atomic mass is 16.6. The quantitative estimate of drug-likeness (QED) is 0.0322. The Morgan fingerprint density at radius 3 is 1.15 bits per heavy atom. The molecule has 0 fully saturated rings. The molecule has 0 spiro atoms. The third-order valence-electron chi connectivity index (χ3n) is 8.36. The third kappa shape index (κ3) is 33.4. The minimum Gasteiger partial charge on any atom is -0.393 e. The highest BCUT2D eigenvalue weighted by molar-refractivity contribution is 5.92. The van der Waals surface area contributed by atoms with E-state index in [0.29, 0.717) is 12.8 Å². The van der Waals surface area contributed by atoms with E-state index in [0.717, 1.165) is 64.2 Å². The van der Waals surface area contributed by atoms with Crippen molar-refractivity contribution in [2.75, 3.05) is 0 Å². The molecule has 0 rings (SSSR count). The molecule has 0 radical (unpaired) electrons. The van der Waals surface area contributed by atoms with Crippen LogP contribution in [0.25, 0.3) is 0 Å². The molecule has 0 aliphatic heterocycles. The highest BCUT2D eigenvalue weighted by Crippen LogP contribution is 2.12. The number of hydrogen-bond acceptors (Lipinski definition) is 7. The zero-order valence-corrected chi connectivity index (χ0v) is 30.3. The predicted molar refractivity (Wildman–Crippen MR) is 192 cm³/mol. The van der Waals surface area contributed by atoms with E-state index in [1.54, 1.807) is 0 Å². The Balaban J connectivity index is 3.69. The van der Waals surface area contributed by atoms with Crippen LogP contribution in [0.5, 0.6) is 0 Å².